The standard InChI is InChI=1S/C23H31N3O2/c1-23(2)20(19-12-16-28-21(19)23)26-22(25-14-11-18-9-6-15-27-18)24-13-10-17-7-4-3-5-8-17/h3-9,15,19-21H,10-14,16H2,1-2H3,(H2,24,25,26). The Balaban J connectivity index is 1.37. The predicted molar refractivity (Wildman–Crippen MR) is 111 cm³/mol. The fraction of sp³-hybridized carbons (Fsp3) is 0.522. The molecular weight excluding hydrogens is 350 g/mol. The lowest BCUT2D eigenvalue weighted by Gasteiger charge is -2.54. The van der Waals surface area contributed by atoms with E-state index in [2.05, 4.69) is 54.8 Å². The summed E-state index contributed by atoms with van der Waals surface area (Å²) in [5, 5.41) is 7.24. The van der Waals surface area contributed by atoms with Gasteiger partial charge < -0.3 is 19.8 Å². The highest BCUT2D eigenvalue weighted by atomic mass is 16.5. The molecule has 0 amide bonds. The van der Waals surface area contributed by atoms with Crippen molar-refractivity contribution in [3.63, 3.8) is 0 Å². The van der Waals surface area contributed by atoms with E-state index in [9.17, 15) is 0 Å². The third kappa shape index (κ3) is 4.09. The molecule has 2 aromatic rings. The zero-order valence-electron chi connectivity index (χ0n) is 16.9. The van der Waals surface area contributed by atoms with E-state index < -0.39 is 0 Å². The Bertz CT molecular complexity index is 770. The minimum absolute atomic E-state index is 0.129. The normalized spacial score (nSPS) is 25.8. The Morgan fingerprint density at radius 3 is 2.79 bits per heavy atom. The van der Waals surface area contributed by atoms with Gasteiger partial charge in [-0.05, 0) is 30.5 Å². The van der Waals surface area contributed by atoms with Crippen LogP contribution in [0.25, 0.3) is 0 Å². The molecule has 1 saturated carbocycles. The molecule has 1 aliphatic heterocycles. The lowest BCUT2D eigenvalue weighted by atomic mass is 9.57. The van der Waals surface area contributed by atoms with Gasteiger partial charge in [0.2, 0.25) is 0 Å². The van der Waals surface area contributed by atoms with Crippen LogP contribution in [-0.2, 0) is 17.6 Å². The molecule has 1 aromatic carbocycles. The number of nitrogens with one attached hydrogen (secondary N) is 2. The van der Waals surface area contributed by atoms with Gasteiger partial charge in [0.05, 0.1) is 12.4 Å². The molecule has 1 aliphatic carbocycles. The summed E-state index contributed by atoms with van der Waals surface area (Å²) in [7, 11) is 0. The van der Waals surface area contributed by atoms with E-state index in [4.69, 9.17) is 14.1 Å². The molecule has 150 valence electrons. The first kappa shape index (κ1) is 19.1. The van der Waals surface area contributed by atoms with Crippen LogP contribution in [0.3, 0.4) is 0 Å². The summed E-state index contributed by atoms with van der Waals surface area (Å²) in [5.74, 6) is 2.45. The fourth-order valence-electron chi connectivity index (χ4n) is 4.62. The third-order valence-corrected chi connectivity index (χ3v) is 6.15. The molecule has 3 atom stereocenters. The first-order valence-electron chi connectivity index (χ1n) is 10.4. The fourth-order valence-corrected chi connectivity index (χ4v) is 4.62. The number of guanidine groups is 1. The third-order valence-electron chi connectivity index (χ3n) is 6.15. The molecule has 1 saturated heterocycles. The summed E-state index contributed by atoms with van der Waals surface area (Å²) in [4.78, 5) is 4.82. The van der Waals surface area contributed by atoms with Crippen molar-refractivity contribution in [3.8, 4) is 0 Å². The van der Waals surface area contributed by atoms with Gasteiger partial charge in [-0.15, -0.1) is 0 Å². The summed E-state index contributed by atoms with van der Waals surface area (Å²) in [6.45, 7) is 7.02. The van der Waals surface area contributed by atoms with E-state index in [0.29, 0.717) is 24.6 Å². The van der Waals surface area contributed by atoms with E-state index in [1.165, 1.54) is 5.56 Å². The van der Waals surface area contributed by atoms with Crippen molar-refractivity contribution in [2.75, 3.05) is 19.7 Å². The number of rotatable bonds is 7. The number of aliphatic imine (C=N–C) groups is 1. The second-order valence-electron chi connectivity index (χ2n) is 8.41. The molecule has 3 unspecified atom stereocenters. The van der Waals surface area contributed by atoms with Gasteiger partial charge in [0.15, 0.2) is 5.96 Å². The van der Waals surface area contributed by atoms with Gasteiger partial charge in [-0.3, -0.25) is 4.99 Å². The Morgan fingerprint density at radius 1 is 1.14 bits per heavy atom. The molecule has 28 heavy (non-hydrogen) atoms. The highest BCUT2D eigenvalue weighted by Crippen LogP contribution is 2.52. The zero-order chi connectivity index (χ0) is 19.4. The highest BCUT2D eigenvalue weighted by molar-refractivity contribution is 5.80. The van der Waals surface area contributed by atoms with Crippen molar-refractivity contribution in [1.29, 1.82) is 0 Å². The van der Waals surface area contributed by atoms with E-state index in [-0.39, 0.29) is 5.41 Å². The average Bonchev–Trinajstić information content (AvgIpc) is 3.37. The van der Waals surface area contributed by atoms with E-state index >= 15 is 0 Å². The topological polar surface area (TPSA) is 58.8 Å². The summed E-state index contributed by atoms with van der Waals surface area (Å²) in [5.41, 5.74) is 1.46. The highest BCUT2D eigenvalue weighted by Gasteiger charge is 2.59. The maximum absolute atomic E-state index is 5.94. The first-order chi connectivity index (χ1) is 13.6. The van der Waals surface area contributed by atoms with Crippen LogP contribution in [0.4, 0.5) is 0 Å². The van der Waals surface area contributed by atoms with Crippen molar-refractivity contribution in [2.45, 2.75) is 45.3 Å². The SMILES string of the molecule is CC1(C)C(NC(=NCCc2ccco2)NCCc2ccccc2)C2CCOC21. The molecule has 2 N–H and O–H groups in total. The van der Waals surface area contributed by atoms with Crippen molar-refractivity contribution < 1.29 is 9.15 Å². The number of fused-ring (bicyclic) bond motifs is 1. The van der Waals surface area contributed by atoms with Crippen LogP contribution in [0.15, 0.2) is 58.1 Å². The van der Waals surface area contributed by atoms with Crippen molar-refractivity contribution in [2.24, 2.45) is 16.3 Å². The number of furan rings is 1. The van der Waals surface area contributed by atoms with Crippen LogP contribution < -0.4 is 10.6 Å². The second kappa shape index (κ2) is 8.39. The first-order valence-corrected chi connectivity index (χ1v) is 10.4. The van der Waals surface area contributed by atoms with Gasteiger partial charge in [0.1, 0.15) is 5.76 Å². The maximum atomic E-state index is 5.94. The molecular formula is C23H31N3O2. The lowest BCUT2D eigenvalue weighted by Crippen LogP contribution is -2.68. The monoisotopic (exact) mass is 381 g/mol. The van der Waals surface area contributed by atoms with E-state index in [0.717, 1.165) is 44.1 Å². The lowest BCUT2D eigenvalue weighted by molar-refractivity contribution is -0.106. The van der Waals surface area contributed by atoms with Gasteiger partial charge in [0, 0.05) is 43.5 Å². The summed E-state index contributed by atoms with van der Waals surface area (Å²) in [6, 6.07) is 14.9. The quantitative estimate of drug-likeness (QED) is 0.570. The van der Waals surface area contributed by atoms with Gasteiger partial charge in [-0.1, -0.05) is 44.2 Å². The van der Waals surface area contributed by atoms with Crippen LogP contribution >= 0.6 is 0 Å². The number of hydrogen-bond acceptors (Lipinski definition) is 3. The van der Waals surface area contributed by atoms with Crippen LogP contribution in [0, 0.1) is 11.3 Å². The van der Waals surface area contributed by atoms with Crippen LogP contribution in [0.2, 0.25) is 0 Å². The van der Waals surface area contributed by atoms with Gasteiger partial charge in [-0.25, -0.2) is 0 Å². The average molecular weight is 382 g/mol. The number of benzene rings is 1. The van der Waals surface area contributed by atoms with Gasteiger partial charge in [0.25, 0.3) is 0 Å². The van der Waals surface area contributed by atoms with Gasteiger partial charge in [-0.2, -0.15) is 0 Å². The Kier molecular flexibility index (Phi) is 5.72. The molecule has 2 fully saturated rings. The van der Waals surface area contributed by atoms with Crippen molar-refractivity contribution >= 4 is 5.96 Å². The largest absolute Gasteiger partial charge is 0.469 e. The van der Waals surface area contributed by atoms with Gasteiger partial charge >= 0.3 is 0 Å². The van der Waals surface area contributed by atoms with Crippen LogP contribution in [0.5, 0.6) is 0 Å². The maximum Gasteiger partial charge on any atom is 0.191 e. The Labute approximate surface area is 167 Å². The molecule has 1 aromatic heterocycles. The van der Waals surface area contributed by atoms with E-state index in [1.807, 2.05) is 12.1 Å². The van der Waals surface area contributed by atoms with Crippen LogP contribution in [-0.4, -0.2) is 37.8 Å². The van der Waals surface area contributed by atoms with Crippen molar-refractivity contribution in [1.82, 2.24) is 10.6 Å². The molecule has 0 radical (unpaired) electrons. The number of ether oxygens (including phenoxy) is 1. The minimum Gasteiger partial charge on any atom is -0.469 e. The summed E-state index contributed by atoms with van der Waals surface area (Å²) < 4.78 is 11.4. The van der Waals surface area contributed by atoms with Crippen molar-refractivity contribution in [3.05, 3.63) is 60.1 Å². The smallest absolute Gasteiger partial charge is 0.191 e. The number of hydrogen-bond donors (Lipinski definition) is 2. The molecule has 4 rings (SSSR count). The number of nitrogens with zero attached hydrogens (tertiary/aromatic N) is 1. The molecule has 5 nitrogen and oxygen atoms in total. The molecule has 0 spiro atoms. The predicted octanol–water partition coefficient (Wildman–Crippen LogP) is 3.41. The van der Waals surface area contributed by atoms with Crippen LogP contribution in [0.1, 0.15) is 31.6 Å². The molecule has 5 heteroatoms. The Hall–Kier alpha value is -2.27. The zero-order valence-corrected chi connectivity index (χ0v) is 16.9. The van der Waals surface area contributed by atoms with E-state index in [1.54, 1.807) is 6.26 Å². The molecule has 2 heterocycles. The Morgan fingerprint density at radius 2 is 2.00 bits per heavy atom. The summed E-state index contributed by atoms with van der Waals surface area (Å²) in [6.07, 6.45) is 5.01. The molecule has 2 aliphatic rings. The summed E-state index contributed by atoms with van der Waals surface area (Å²) >= 11 is 0. The molecule has 0 bridgehead atoms. The minimum atomic E-state index is 0.129. The second-order valence-corrected chi connectivity index (χ2v) is 8.41.